The van der Waals surface area contributed by atoms with E-state index < -0.39 is 0 Å². The van der Waals surface area contributed by atoms with E-state index in [9.17, 15) is 4.79 Å². The van der Waals surface area contributed by atoms with Crippen LogP contribution in [0, 0.1) is 0 Å². The lowest BCUT2D eigenvalue weighted by atomic mass is 9.90. The molecule has 4 rings (SSSR count). The zero-order chi connectivity index (χ0) is 19.5. The number of rotatable bonds is 5. The van der Waals surface area contributed by atoms with Gasteiger partial charge in [0.05, 0.1) is 5.92 Å². The predicted molar refractivity (Wildman–Crippen MR) is 111 cm³/mol. The van der Waals surface area contributed by atoms with Crippen LogP contribution in [0.5, 0.6) is 0 Å². The molecule has 0 fully saturated rings. The molecule has 0 atom stereocenters. The summed E-state index contributed by atoms with van der Waals surface area (Å²) in [6, 6.07) is 25.2. The molecule has 4 aromatic rings. The molecule has 28 heavy (non-hydrogen) atoms. The summed E-state index contributed by atoms with van der Waals surface area (Å²) in [4.78, 5) is 17.7. The molecular weight excluding hydrogens is 348 g/mol. The lowest BCUT2D eigenvalue weighted by molar-refractivity contribution is -0.116. The highest BCUT2D eigenvalue weighted by Gasteiger charge is 2.23. The van der Waals surface area contributed by atoms with Crippen molar-refractivity contribution in [2.45, 2.75) is 25.7 Å². The van der Waals surface area contributed by atoms with Gasteiger partial charge < -0.3 is 9.73 Å². The van der Waals surface area contributed by atoms with E-state index >= 15 is 0 Å². The Balaban J connectivity index is 1.65. The quantitative estimate of drug-likeness (QED) is 0.489. The maximum absolute atomic E-state index is 13.2. The first-order chi connectivity index (χ1) is 13.6. The summed E-state index contributed by atoms with van der Waals surface area (Å²) in [5.74, 6) is 0.440. The van der Waals surface area contributed by atoms with Crippen molar-refractivity contribution in [3.63, 3.8) is 0 Å². The molecule has 4 nitrogen and oxygen atoms in total. The maximum Gasteiger partial charge on any atom is 0.236 e. The monoisotopic (exact) mass is 370 g/mol. The number of carbonyl (C=O) groups is 1. The van der Waals surface area contributed by atoms with E-state index in [4.69, 9.17) is 4.42 Å². The van der Waals surface area contributed by atoms with Gasteiger partial charge in [-0.15, -0.1) is 0 Å². The maximum atomic E-state index is 13.2. The number of fused-ring (bicyclic) bond motifs is 1. The number of hydrogen-bond donors (Lipinski definition) is 1. The SMILES string of the molecule is CC(C)c1nc2ccc(NC(=O)C(c3ccccc3)c3ccccc3)cc2o1. The van der Waals surface area contributed by atoms with Crippen molar-refractivity contribution in [2.24, 2.45) is 0 Å². The Morgan fingerprint density at radius 2 is 1.50 bits per heavy atom. The van der Waals surface area contributed by atoms with Gasteiger partial charge in [0, 0.05) is 17.7 Å². The van der Waals surface area contributed by atoms with Crippen LogP contribution in [-0.2, 0) is 4.79 Å². The molecule has 140 valence electrons. The predicted octanol–water partition coefficient (Wildman–Crippen LogP) is 5.72. The normalized spacial score (nSPS) is 11.3. The number of benzene rings is 3. The molecule has 0 bridgehead atoms. The van der Waals surface area contributed by atoms with Crippen molar-refractivity contribution in [3.8, 4) is 0 Å². The van der Waals surface area contributed by atoms with E-state index in [2.05, 4.69) is 10.3 Å². The fraction of sp³-hybridized carbons (Fsp3) is 0.167. The third kappa shape index (κ3) is 3.67. The van der Waals surface area contributed by atoms with Gasteiger partial charge in [-0.2, -0.15) is 0 Å². The molecule has 1 heterocycles. The number of aromatic nitrogens is 1. The molecule has 1 aromatic heterocycles. The summed E-state index contributed by atoms with van der Waals surface area (Å²) in [5.41, 5.74) is 4.07. The van der Waals surface area contributed by atoms with Crippen LogP contribution in [0.4, 0.5) is 5.69 Å². The molecule has 0 aliphatic carbocycles. The number of amides is 1. The first-order valence-corrected chi connectivity index (χ1v) is 9.43. The number of anilines is 1. The van der Waals surface area contributed by atoms with Crippen LogP contribution in [0.15, 0.2) is 83.3 Å². The first kappa shape index (κ1) is 18.0. The molecule has 1 N–H and O–H groups in total. The minimum absolute atomic E-state index is 0.0830. The van der Waals surface area contributed by atoms with Gasteiger partial charge in [-0.3, -0.25) is 4.79 Å². The average molecular weight is 370 g/mol. The van der Waals surface area contributed by atoms with Gasteiger partial charge in [0.1, 0.15) is 5.52 Å². The second-order valence-electron chi connectivity index (χ2n) is 7.13. The van der Waals surface area contributed by atoms with Crippen LogP contribution >= 0.6 is 0 Å². The fourth-order valence-electron chi connectivity index (χ4n) is 3.27. The Hall–Kier alpha value is -3.40. The largest absolute Gasteiger partial charge is 0.440 e. The molecule has 0 spiro atoms. The topological polar surface area (TPSA) is 55.1 Å². The lowest BCUT2D eigenvalue weighted by Gasteiger charge is -2.18. The molecular formula is C24H22N2O2. The average Bonchev–Trinajstić information content (AvgIpc) is 3.14. The highest BCUT2D eigenvalue weighted by Crippen LogP contribution is 2.28. The highest BCUT2D eigenvalue weighted by atomic mass is 16.3. The van der Waals surface area contributed by atoms with Gasteiger partial charge in [0.25, 0.3) is 0 Å². The summed E-state index contributed by atoms with van der Waals surface area (Å²) < 4.78 is 5.82. The molecule has 0 saturated heterocycles. The Morgan fingerprint density at radius 1 is 0.893 bits per heavy atom. The second kappa shape index (κ2) is 7.69. The number of nitrogens with zero attached hydrogens (tertiary/aromatic N) is 1. The van der Waals surface area contributed by atoms with Crippen molar-refractivity contribution in [1.29, 1.82) is 0 Å². The number of nitrogens with one attached hydrogen (secondary N) is 1. The lowest BCUT2D eigenvalue weighted by Crippen LogP contribution is -2.22. The van der Waals surface area contributed by atoms with Crippen LogP contribution in [0.3, 0.4) is 0 Å². The third-order valence-electron chi connectivity index (χ3n) is 4.69. The first-order valence-electron chi connectivity index (χ1n) is 9.43. The molecule has 0 saturated carbocycles. The molecule has 0 radical (unpaired) electrons. The van der Waals surface area contributed by atoms with Crippen LogP contribution in [0.25, 0.3) is 11.1 Å². The zero-order valence-corrected chi connectivity index (χ0v) is 15.9. The molecule has 0 unspecified atom stereocenters. The van der Waals surface area contributed by atoms with Gasteiger partial charge in [0.15, 0.2) is 11.5 Å². The van der Waals surface area contributed by atoms with Crippen molar-refractivity contribution < 1.29 is 9.21 Å². The van der Waals surface area contributed by atoms with Gasteiger partial charge in [-0.05, 0) is 23.3 Å². The molecule has 3 aromatic carbocycles. The summed E-state index contributed by atoms with van der Waals surface area (Å²) in [6.07, 6.45) is 0. The number of oxazole rings is 1. The van der Waals surface area contributed by atoms with E-state index in [1.807, 2.05) is 92.7 Å². The fourth-order valence-corrected chi connectivity index (χ4v) is 3.27. The molecule has 0 aliphatic rings. The molecule has 0 aliphatic heterocycles. The van der Waals surface area contributed by atoms with Crippen molar-refractivity contribution in [1.82, 2.24) is 4.98 Å². The van der Waals surface area contributed by atoms with Gasteiger partial charge >= 0.3 is 0 Å². The standard InChI is InChI=1S/C24H22N2O2/c1-16(2)24-26-20-14-13-19(15-21(20)28-24)25-23(27)22(17-9-5-3-6-10-17)18-11-7-4-8-12-18/h3-16,22H,1-2H3,(H,25,27). The van der Waals surface area contributed by atoms with Gasteiger partial charge in [-0.1, -0.05) is 74.5 Å². The Labute approximate surface area is 164 Å². The number of hydrogen-bond acceptors (Lipinski definition) is 3. The Kier molecular flexibility index (Phi) is 4.94. The van der Waals surface area contributed by atoms with E-state index in [0.29, 0.717) is 17.2 Å². The molecule has 1 amide bonds. The Morgan fingerprint density at radius 3 is 2.07 bits per heavy atom. The summed E-state index contributed by atoms with van der Waals surface area (Å²) in [7, 11) is 0. The highest BCUT2D eigenvalue weighted by molar-refractivity contribution is 5.99. The zero-order valence-electron chi connectivity index (χ0n) is 15.9. The van der Waals surface area contributed by atoms with E-state index in [1.165, 1.54) is 0 Å². The van der Waals surface area contributed by atoms with Crippen LogP contribution in [0.2, 0.25) is 0 Å². The van der Waals surface area contributed by atoms with Crippen molar-refractivity contribution >= 4 is 22.7 Å². The van der Waals surface area contributed by atoms with Crippen molar-refractivity contribution in [2.75, 3.05) is 5.32 Å². The minimum Gasteiger partial charge on any atom is -0.440 e. The van der Waals surface area contributed by atoms with E-state index in [-0.39, 0.29) is 17.7 Å². The Bertz CT molecular complexity index is 1050. The summed E-state index contributed by atoms with van der Waals surface area (Å²) >= 11 is 0. The van der Waals surface area contributed by atoms with E-state index in [1.54, 1.807) is 0 Å². The second-order valence-corrected chi connectivity index (χ2v) is 7.13. The minimum atomic E-state index is -0.390. The summed E-state index contributed by atoms with van der Waals surface area (Å²) in [6.45, 7) is 4.08. The third-order valence-corrected chi connectivity index (χ3v) is 4.69. The van der Waals surface area contributed by atoms with Crippen LogP contribution < -0.4 is 5.32 Å². The van der Waals surface area contributed by atoms with Crippen LogP contribution in [0.1, 0.15) is 42.7 Å². The number of carbonyl (C=O) groups excluding carboxylic acids is 1. The van der Waals surface area contributed by atoms with Gasteiger partial charge in [0.2, 0.25) is 5.91 Å². The smallest absolute Gasteiger partial charge is 0.236 e. The molecule has 4 heteroatoms. The van der Waals surface area contributed by atoms with Gasteiger partial charge in [-0.25, -0.2) is 4.98 Å². The van der Waals surface area contributed by atoms with Crippen LogP contribution in [-0.4, -0.2) is 10.9 Å². The summed E-state index contributed by atoms with van der Waals surface area (Å²) in [5, 5.41) is 3.04. The van der Waals surface area contributed by atoms with E-state index in [0.717, 1.165) is 16.6 Å². The van der Waals surface area contributed by atoms with Crippen molar-refractivity contribution in [3.05, 3.63) is 95.9 Å².